The molecule has 136 valence electrons. The van der Waals surface area contributed by atoms with Crippen molar-refractivity contribution in [1.29, 1.82) is 0 Å². The van der Waals surface area contributed by atoms with Gasteiger partial charge in [0.1, 0.15) is 6.61 Å². The molecule has 7 nitrogen and oxygen atoms in total. The molecule has 0 bridgehead atoms. The van der Waals surface area contributed by atoms with Crippen molar-refractivity contribution in [3.63, 3.8) is 0 Å². The summed E-state index contributed by atoms with van der Waals surface area (Å²) < 4.78 is 15.6. The molecule has 0 aliphatic carbocycles. The van der Waals surface area contributed by atoms with E-state index in [0.29, 0.717) is 37.4 Å². The van der Waals surface area contributed by atoms with E-state index in [-0.39, 0.29) is 37.5 Å². The molecule has 2 rings (SSSR count). The number of nitrogens with zero attached hydrogens (tertiary/aromatic N) is 1. The van der Waals surface area contributed by atoms with E-state index in [0.717, 1.165) is 6.42 Å². The van der Waals surface area contributed by atoms with E-state index in [2.05, 4.69) is 0 Å². The van der Waals surface area contributed by atoms with E-state index in [9.17, 15) is 14.4 Å². The summed E-state index contributed by atoms with van der Waals surface area (Å²) in [6.07, 6.45) is 1.18. The number of fused-ring (bicyclic) bond motifs is 1. The highest BCUT2D eigenvalue weighted by Gasteiger charge is 2.34. The highest BCUT2D eigenvalue weighted by atomic mass is 16.6. The molecular formula is C18H23NO6. The lowest BCUT2D eigenvalue weighted by Gasteiger charge is -2.13. The van der Waals surface area contributed by atoms with Crippen molar-refractivity contribution < 1.29 is 28.6 Å². The molecule has 0 N–H and O–H groups in total. The molecular weight excluding hydrogens is 326 g/mol. The summed E-state index contributed by atoms with van der Waals surface area (Å²) in [6.45, 7) is 3.61. The first-order valence-electron chi connectivity index (χ1n) is 8.41. The van der Waals surface area contributed by atoms with Crippen LogP contribution in [-0.2, 0) is 19.0 Å². The number of imide groups is 1. The zero-order valence-electron chi connectivity index (χ0n) is 14.4. The van der Waals surface area contributed by atoms with Crippen LogP contribution in [0.25, 0.3) is 0 Å². The van der Waals surface area contributed by atoms with Crippen LogP contribution in [0.2, 0.25) is 0 Å². The first-order chi connectivity index (χ1) is 12.1. The fourth-order valence-electron chi connectivity index (χ4n) is 2.41. The van der Waals surface area contributed by atoms with Gasteiger partial charge >= 0.3 is 5.97 Å². The number of esters is 1. The molecule has 2 amide bonds. The van der Waals surface area contributed by atoms with E-state index < -0.39 is 0 Å². The standard InChI is InChI=1S/C18H23NO6/c1-2-5-16(20)25-13-12-24-11-10-23-9-8-19-17(21)14-6-3-4-7-15(14)18(19)22/h3-4,6-7H,2,5,8-13H2,1H3. The third-order valence-electron chi connectivity index (χ3n) is 3.65. The van der Waals surface area contributed by atoms with E-state index in [1.807, 2.05) is 6.92 Å². The Bertz CT molecular complexity index is 580. The van der Waals surface area contributed by atoms with Gasteiger partial charge in [0, 0.05) is 6.42 Å². The van der Waals surface area contributed by atoms with Gasteiger partial charge < -0.3 is 14.2 Å². The monoisotopic (exact) mass is 349 g/mol. The van der Waals surface area contributed by atoms with Crippen molar-refractivity contribution in [1.82, 2.24) is 4.90 Å². The quantitative estimate of drug-likeness (QED) is 0.343. The second-order valence-corrected chi connectivity index (χ2v) is 5.50. The Morgan fingerprint density at radius 1 is 0.920 bits per heavy atom. The van der Waals surface area contributed by atoms with Crippen LogP contribution in [0.3, 0.4) is 0 Å². The van der Waals surface area contributed by atoms with Gasteiger partial charge in [0.15, 0.2) is 0 Å². The predicted molar refractivity (Wildman–Crippen MR) is 89.3 cm³/mol. The van der Waals surface area contributed by atoms with Crippen molar-refractivity contribution in [3.05, 3.63) is 35.4 Å². The van der Waals surface area contributed by atoms with Crippen LogP contribution in [0, 0.1) is 0 Å². The van der Waals surface area contributed by atoms with Crippen molar-refractivity contribution in [2.75, 3.05) is 39.6 Å². The molecule has 0 fully saturated rings. The third kappa shape index (κ3) is 5.37. The zero-order chi connectivity index (χ0) is 18.1. The Labute approximate surface area is 146 Å². The Kier molecular flexibility index (Phi) is 7.56. The SMILES string of the molecule is CCCC(=O)OCCOCCOCCN1C(=O)c2ccccc2C1=O. The number of rotatable bonds is 11. The number of carbonyl (C=O) groups excluding carboxylic acids is 3. The smallest absolute Gasteiger partial charge is 0.305 e. The summed E-state index contributed by atoms with van der Waals surface area (Å²) in [5.41, 5.74) is 0.877. The number of carbonyl (C=O) groups is 3. The van der Waals surface area contributed by atoms with Crippen LogP contribution in [0.15, 0.2) is 24.3 Å². The van der Waals surface area contributed by atoms with E-state index in [1.54, 1.807) is 24.3 Å². The van der Waals surface area contributed by atoms with E-state index in [1.165, 1.54) is 4.90 Å². The molecule has 0 spiro atoms. The molecule has 1 heterocycles. The normalized spacial score (nSPS) is 13.2. The number of amides is 2. The van der Waals surface area contributed by atoms with Crippen LogP contribution in [0.4, 0.5) is 0 Å². The summed E-state index contributed by atoms with van der Waals surface area (Å²) in [6, 6.07) is 6.77. The topological polar surface area (TPSA) is 82.1 Å². The molecule has 1 aliphatic rings. The second kappa shape index (κ2) is 9.90. The largest absolute Gasteiger partial charge is 0.463 e. The van der Waals surface area contributed by atoms with Gasteiger partial charge in [0.05, 0.1) is 44.1 Å². The first-order valence-corrected chi connectivity index (χ1v) is 8.41. The number of ether oxygens (including phenoxy) is 3. The molecule has 1 aliphatic heterocycles. The molecule has 1 aromatic rings. The first kappa shape index (κ1) is 19.1. The molecule has 25 heavy (non-hydrogen) atoms. The molecule has 0 saturated heterocycles. The molecule has 0 radical (unpaired) electrons. The minimum atomic E-state index is -0.283. The van der Waals surface area contributed by atoms with Crippen LogP contribution in [0.5, 0.6) is 0 Å². The Balaban J connectivity index is 1.54. The van der Waals surface area contributed by atoms with Crippen LogP contribution in [-0.4, -0.2) is 62.3 Å². The van der Waals surface area contributed by atoms with Crippen molar-refractivity contribution >= 4 is 17.8 Å². The maximum absolute atomic E-state index is 12.1. The summed E-state index contributed by atoms with van der Waals surface area (Å²) in [4.78, 5) is 36.6. The van der Waals surface area contributed by atoms with Gasteiger partial charge in [-0.15, -0.1) is 0 Å². The van der Waals surface area contributed by atoms with Crippen molar-refractivity contribution in [2.24, 2.45) is 0 Å². The van der Waals surface area contributed by atoms with E-state index >= 15 is 0 Å². The van der Waals surface area contributed by atoms with Gasteiger partial charge in [-0.25, -0.2) is 0 Å². The number of hydrogen-bond donors (Lipinski definition) is 0. The molecule has 1 aromatic carbocycles. The third-order valence-corrected chi connectivity index (χ3v) is 3.65. The lowest BCUT2D eigenvalue weighted by atomic mass is 10.1. The average molecular weight is 349 g/mol. The average Bonchev–Trinajstić information content (AvgIpc) is 2.85. The highest BCUT2D eigenvalue weighted by Crippen LogP contribution is 2.21. The summed E-state index contributed by atoms with van der Waals surface area (Å²) in [5, 5.41) is 0. The number of benzene rings is 1. The Hall–Kier alpha value is -2.25. The van der Waals surface area contributed by atoms with Crippen LogP contribution >= 0.6 is 0 Å². The summed E-state index contributed by atoms with van der Waals surface area (Å²) >= 11 is 0. The minimum absolute atomic E-state index is 0.209. The Morgan fingerprint density at radius 3 is 2.08 bits per heavy atom. The summed E-state index contributed by atoms with van der Waals surface area (Å²) in [7, 11) is 0. The van der Waals surface area contributed by atoms with Crippen LogP contribution < -0.4 is 0 Å². The van der Waals surface area contributed by atoms with Crippen LogP contribution in [0.1, 0.15) is 40.5 Å². The van der Waals surface area contributed by atoms with Gasteiger partial charge in [0.25, 0.3) is 11.8 Å². The molecule has 0 aromatic heterocycles. The lowest BCUT2D eigenvalue weighted by Crippen LogP contribution is -2.33. The molecule has 0 atom stereocenters. The van der Waals surface area contributed by atoms with Gasteiger partial charge in [-0.2, -0.15) is 0 Å². The van der Waals surface area contributed by atoms with Crippen molar-refractivity contribution in [3.8, 4) is 0 Å². The fraction of sp³-hybridized carbons (Fsp3) is 0.500. The maximum atomic E-state index is 12.1. The zero-order valence-corrected chi connectivity index (χ0v) is 14.4. The molecule has 0 saturated carbocycles. The minimum Gasteiger partial charge on any atom is -0.463 e. The van der Waals surface area contributed by atoms with E-state index in [4.69, 9.17) is 14.2 Å². The summed E-state index contributed by atoms with van der Waals surface area (Å²) in [5.74, 6) is -0.785. The predicted octanol–water partition coefficient (Wildman–Crippen LogP) is 1.66. The molecule has 0 unspecified atom stereocenters. The Morgan fingerprint density at radius 2 is 1.48 bits per heavy atom. The van der Waals surface area contributed by atoms with Gasteiger partial charge in [-0.05, 0) is 18.6 Å². The fourth-order valence-corrected chi connectivity index (χ4v) is 2.41. The van der Waals surface area contributed by atoms with Gasteiger partial charge in [-0.3, -0.25) is 19.3 Å². The highest BCUT2D eigenvalue weighted by molar-refractivity contribution is 6.21. The van der Waals surface area contributed by atoms with Gasteiger partial charge in [0.2, 0.25) is 0 Å². The lowest BCUT2D eigenvalue weighted by molar-refractivity contribution is -0.145. The number of hydrogen-bond acceptors (Lipinski definition) is 6. The molecule has 7 heteroatoms. The van der Waals surface area contributed by atoms with Gasteiger partial charge in [-0.1, -0.05) is 19.1 Å². The maximum Gasteiger partial charge on any atom is 0.305 e. The second-order valence-electron chi connectivity index (χ2n) is 5.50. The van der Waals surface area contributed by atoms with Crippen molar-refractivity contribution in [2.45, 2.75) is 19.8 Å².